The first-order chi connectivity index (χ1) is 4.84. The van der Waals surface area contributed by atoms with E-state index in [1.165, 1.54) is 0 Å². The van der Waals surface area contributed by atoms with Crippen LogP contribution in [0.2, 0.25) is 6.82 Å². The molecular formula is C8H9BO. The largest absolute Gasteiger partial charge is 0.314 e. The number of benzene rings is 1. The van der Waals surface area contributed by atoms with E-state index in [-0.39, 0.29) is 6.71 Å². The van der Waals surface area contributed by atoms with Gasteiger partial charge in [0.25, 0.3) is 0 Å². The number of hydrogen-bond acceptors (Lipinski definition) is 1. The van der Waals surface area contributed by atoms with Crippen LogP contribution in [0, 0.1) is 0 Å². The lowest BCUT2D eigenvalue weighted by molar-refractivity contribution is 0.568. The Morgan fingerprint density at radius 1 is 1.30 bits per heavy atom. The molecule has 0 amide bonds. The second-order valence-electron chi connectivity index (χ2n) is 2.34. The monoisotopic (exact) mass is 132 g/mol. The lowest BCUT2D eigenvalue weighted by Gasteiger charge is -1.96. The molecule has 0 saturated heterocycles. The van der Waals surface area contributed by atoms with Crippen molar-refractivity contribution in [3.63, 3.8) is 0 Å². The van der Waals surface area contributed by atoms with Gasteiger partial charge in [-0.3, -0.25) is 0 Å². The van der Waals surface area contributed by atoms with Crippen LogP contribution in [0.4, 0.5) is 0 Å². The summed E-state index contributed by atoms with van der Waals surface area (Å²) in [7, 11) is 0. The molecule has 1 nitrogen and oxygen atoms in total. The number of carbonyl (C=O) groups excluding carboxylic acids is 1. The molecule has 0 spiro atoms. The highest BCUT2D eigenvalue weighted by atomic mass is 16.1. The maximum atomic E-state index is 10.3. The summed E-state index contributed by atoms with van der Waals surface area (Å²) in [5.41, 5.74) is 1.08. The van der Waals surface area contributed by atoms with Crippen LogP contribution in [0.25, 0.3) is 0 Å². The summed E-state index contributed by atoms with van der Waals surface area (Å²) in [6.07, 6.45) is 0.954. The highest BCUT2D eigenvalue weighted by Crippen LogP contribution is 1.84. The van der Waals surface area contributed by atoms with Crippen LogP contribution < -0.4 is 5.46 Å². The Morgan fingerprint density at radius 3 is 2.40 bits per heavy atom. The first-order valence-electron chi connectivity index (χ1n) is 3.35. The fourth-order valence-corrected chi connectivity index (χ4v) is 0.835. The van der Waals surface area contributed by atoms with Gasteiger partial charge in [0, 0.05) is 0 Å². The van der Waals surface area contributed by atoms with Crippen LogP contribution in [0.3, 0.4) is 0 Å². The highest BCUT2D eigenvalue weighted by molar-refractivity contribution is 6.93. The predicted octanol–water partition coefficient (Wildman–Crippen LogP) is 0.790. The first-order valence-corrected chi connectivity index (χ1v) is 3.35. The van der Waals surface area contributed by atoms with Crippen molar-refractivity contribution in [3.05, 3.63) is 30.3 Å². The molecule has 10 heavy (non-hydrogen) atoms. The van der Waals surface area contributed by atoms with E-state index in [1.807, 2.05) is 37.2 Å². The van der Waals surface area contributed by atoms with E-state index >= 15 is 0 Å². The minimum absolute atomic E-state index is 0.0289. The van der Waals surface area contributed by atoms with Gasteiger partial charge in [0.2, 0.25) is 6.71 Å². The van der Waals surface area contributed by atoms with Gasteiger partial charge >= 0.3 is 0 Å². The molecule has 0 saturated carbocycles. The van der Waals surface area contributed by atoms with Crippen molar-refractivity contribution < 1.29 is 4.79 Å². The lowest BCUT2D eigenvalue weighted by atomic mass is 9.49. The summed E-state index contributed by atoms with van der Waals surface area (Å²) in [5, 5.41) is 0. The Labute approximate surface area is 61.1 Å². The van der Waals surface area contributed by atoms with Crippen molar-refractivity contribution in [1.29, 1.82) is 0 Å². The van der Waals surface area contributed by atoms with Crippen LogP contribution >= 0.6 is 0 Å². The summed E-state index contributed by atoms with van der Waals surface area (Å²) < 4.78 is 0. The van der Waals surface area contributed by atoms with E-state index in [4.69, 9.17) is 0 Å². The van der Waals surface area contributed by atoms with E-state index in [9.17, 15) is 4.79 Å². The fraction of sp³-hybridized carbons (Fsp3) is 0.125. The van der Waals surface area contributed by atoms with Gasteiger partial charge in [0.1, 0.15) is 0 Å². The molecule has 0 unspecified atom stereocenters. The molecular weight excluding hydrogens is 123 g/mol. The lowest BCUT2D eigenvalue weighted by Crippen LogP contribution is -2.27. The third-order valence-electron chi connectivity index (χ3n) is 1.53. The van der Waals surface area contributed by atoms with Crippen LogP contribution in [-0.2, 0) is 4.79 Å². The summed E-state index contributed by atoms with van der Waals surface area (Å²) in [6, 6.07) is 9.74. The third kappa shape index (κ3) is 1.47. The Morgan fingerprint density at radius 2 is 1.90 bits per heavy atom. The number of hydrogen-bond donors (Lipinski definition) is 0. The van der Waals surface area contributed by atoms with E-state index in [0.717, 1.165) is 11.6 Å². The average Bonchev–Trinajstić information content (AvgIpc) is 2.05. The van der Waals surface area contributed by atoms with Gasteiger partial charge in [-0.2, -0.15) is 0 Å². The van der Waals surface area contributed by atoms with Gasteiger partial charge in [0.05, 0.1) is 6.19 Å². The van der Waals surface area contributed by atoms with Gasteiger partial charge in [-0.1, -0.05) is 42.6 Å². The molecule has 1 aromatic carbocycles. The van der Waals surface area contributed by atoms with Crippen LogP contribution in [-0.4, -0.2) is 12.9 Å². The topological polar surface area (TPSA) is 17.1 Å². The molecule has 0 N–H and O–H groups in total. The van der Waals surface area contributed by atoms with Gasteiger partial charge in [-0.05, 0) is 0 Å². The molecule has 0 heterocycles. The molecule has 1 aromatic rings. The zero-order valence-corrected chi connectivity index (χ0v) is 5.95. The van der Waals surface area contributed by atoms with Crippen molar-refractivity contribution >= 4 is 18.4 Å². The summed E-state index contributed by atoms with van der Waals surface area (Å²) in [5.74, 6) is 0. The standard InChI is InChI=1S/C8H9BO/c1-9(7-10)8-5-3-2-4-6-8/h2-7H,1H3. The van der Waals surface area contributed by atoms with E-state index < -0.39 is 0 Å². The number of carbonyl (C=O) groups is 1. The highest BCUT2D eigenvalue weighted by Gasteiger charge is 2.05. The van der Waals surface area contributed by atoms with E-state index in [1.54, 1.807) is 0 Å². The van der Waals surface area contributed by atoms with Crippen LogP contribution in [0.5, 0.6) is 0 Å². The van der Waals surface area contributed by atoms with E-state index in [0.29, 0.717) is 0 Å². The molecule has 0 aromatic heterocycles. The minimum Gasteiger partial charge on any atom is -0.314 e. The zero-order valence-electron chi connectivity index (χ0n) is 5.95. The summed E-state index contributed by atoms with van der Waals surface area (Å²) >= 11 is 0. The average molecular weight is 132 g/mol. The first kappa shape index (κ1) is 7.07. The van der Waals surface area contributed by atoms with Crippen molar-refractivity contribution in [3.8, 4) is 0 Å². The number of rotatable bonds is 2. The fourth-order valence-electron chi connectivity index (χ4n) is 0.835. The third-order valence-corrected chi connectivity index (χ3v) is 1.53. The van der Waals surface area contributed by atoms with Crippen LogP contribution in [0.15, 0.2) is 30.3 Å². The molecule has 1 rings (SSSR count). The molecule has 0 bridgehead atoms. The molecule has 0 atom stereocenters. The Bertz CT molecular complexity index is 208. The quantitative estimate of drug-likeness (QED) is 0.429. The molecule has 0 aliphatic rings. The van der Waals surface area contributed by atoms with Gasteiger partial charge in [-0.25, -0.2) is 0 Å². The Hall–Kier alpha value is -1.05. The van der Waals surface area contributed by atoms with Crippen molar-refractivity contribution in [2.45, 2.75) is 6.82 Å². The second-order valence-corrected chi connectivity index (χ2v) is 2.34. The van der Waals surface area contributed by atoms with Crippen molar-refractivity contribution in [2.75, 3.05) is 0 Å². The molecule has 0 fully saturated rings. The second kappa shape index (κ2) is 3.21. The van der Waals surface area contributed by atoms with Crippen molar-refractivity contribution in [2.24, 2.45) is 0 Å². The molecule has 0 aliphatic carbocycles. The molecule has 0 radical (unpaired) electrons. The van der Waals surface area contributed by atoms with E-state index in [2.05, 4.69) is 0 Å². The minimum atomic E-state index is 0.0289. The predicted molar refractivity (Wildman–Crippen MR) is 44.4 cm³/mol. The maximum Gasteiger partial charge on any atom is 0.248 e. The zero-order chi connectivity index (χ0) is 7.40. The van der Waals surface area contributed by atoms with Gasteiger partial charge in [0.15, 0.2) is 0 Å². The Kier molecular flexibility index (Phi) is 2.27. The summed E-state index contributed by atoms with van der Waals surface area (Å²) in [6.45, 7) is 1.92. The Balaban J connectivity index is 2.84. The van der Waals surface area contributed by atoms with Gasteiger partial charge in [-0.15, -0.1) is 0 Å². The molecule has 0 aliphatic heterocycles. The molecule has 50 valence electrons. The summed E-state index contributed by atoms with van der Waals surface area (Å²) in [4.78, 5) is 10.3. The maximum absolute atomic E-state index is 10.3. The normalized spacial score (nSPS) is 8.90. The van der Waals surface area contributed by atoms with Crippen LogP contribution in [0.1, 0.15) is 0 Å². The van der Waals surface area contributed by atoms with Crippen molar-refractivity contribution in [1.82, 2.24) is 0 Å². The SMILES string of the molecule is CB(C=O)c1ccccc1. The molecule has 2 heteroatoms. The smallest absolute Gasteiger partial charge is 0.248 e. The van der Waals surface area contributed by atoms with Gasteiger partial charge < -0.3 is 4.79 Å².